The van der Waals surface area contributed by atoms with Crippen LogP contribution in [0.25, 0.3) is 0 Å². The number of unbranched alkanes of at least 4 members (excludes halogenated alkanes) is 1. The summed E-state index contributed by atoms with van der Waals surface area (Å²) in [5.41, 5.74) is 0.531. The summed E-state index contributed by atoms with van der Waals surface area (Å²) in [6.07, 6.45) is 4.67. The van der Waals surface area contributed by atoms with Crippen molar-refractivity contribution in [3.8, 4) is 0 Å². The summed E-state index contributed by atoms with van der Waals surface area (Å²) < 4.78 is 5.29. The molecule has 1 amide bonds. The Bertz CT molecular complexity index is 457. The Labute approximate surface area is 140 Å². The summed E-state index contributed by atoms with van der Waals surface area (Å²) in [5, 5.41) is 6.41. The van der Waals surface area contributed by atoms with Crippen LogP contribution in [0, 0.1) is 0 Å². The standard InChI is InChI=1S/C18H31N3O2/c1-6-7-10-15(13-20-17(22)23-18(3,4)5)21-14(2)16-11-8-9-12-19-16/h8-9,11-12,14-15,21H,6-7,10,13H2,1-5H3,(H,20,22). The SMILES string of the molecule is CCCCC(CNC(=O)OC(C)(C)C)NC(C)c1ccccn1. The van der Waals surface area contributed by atoms with Crippen molar-refractivity contribution < 1.29 is 9.53 Å². The molecule has 0 fully saturated rings. The third-order valence-corrected chi connectivity index (χ3v) is 3.41. The number of aromatic nitrogens is 1. The lowest BCUT2D eigenvalue weighted by atomic mass is 10.1. The zero-order valence-electron chi connectivity index (χ0n) is 15.1. The Balaban J connectivity index is 2.53. The van der Waals surface area contributed by atoms with E-state index in [0.29, 0.717) is 6.54 Å². The van der Waals surface area contributed by atoms with Crippen LogP contribution in [0.5, 0.6) is 0 Å². The van der Waals surface area contributed by atoms with Crippen molar-refractivity contribution in [1.82, 2.24) is 15.6 Å². The van der Waals surface area contributed by atoms with Crippen LogP contribution in [0.3, 0.4) is 0 Å². The van der Waals surface area contributed by atoms with Crippen molar-refractivity contribution in [1.29, 1.82) is 0 Å². The molecule has 2 atom stereocenters. The highest BCUT2D eigenvalue weighted by Crippen LogP contribution is 2.12. The van der Waals surface area contributed by atoms with Gasteiger partial charge in [-0.1, -0.05) is 25.8 Å². The Morgan fingerprint density at radius 2 is 2.09 bits per heavy atom. The maximum atomic E-state index is 11.8. The van der Waals surface area contributed by atoms with Crippen LogP contribution < -0.4 is 10.6 Å². The summed E-state index contributed by atoms with van der Waals surface area (Å²) in [6, 6.07) is 6.24. The van der Waals surface area contributed by atoms with Gasteiger partial charge in [0.1, 0.15) is 5.60 Å². The van der Waals surface area contributed by atoms with E-state index in [4.69, 9.17) is 4.74 Å². The zero-order chi connectivity index (χ0) is 17.3. The minimum atomic E-state index is -0.475. The Morgan fingerprint density at radius 1 is 1.35 bits per heavy atom. The number of alkyl carbamates (subject to hydrolysis) is 1. The highest BCUT2D eigenvalue weighted by molar-refractivity contribution is 5.67. The summed E-state index contributed by atoms with van der Waals surface area (Å²) in [4.78, 5) is 16.2. The van der Waals surface area contributed by atoms with Crippen molar-refractivity contribution in [2.75, 3.05) is 6.54 Å². The lowest BCUT2D eigenvalue weighted by Crippen LogP contribution is -2.43. The molecule has 0 aliphatic heterocycles. The van der Waals surface area contributed by atoms with Gasteiger partial charge in [0.2, 0.25) is 0 Å². The van der Waals surface area contributed by atoms with Gasteiger partial charge in [0, 0.05) is 24.8 Å². The molecule has 1 aromatic rings. The van der Waals surface area contributed by atoms with Gasteiger partial charge < -0.3 is 15.4 Å². The first kappa shape index (κ1) is 19.4. The number of hydrogen-bond donors (Lipinski definition) is 2. The molecular formula is C18H31N3O2. The fourth-order valence-corrected chi connectivity index (χ4v) is 2.29. The maximum Gasteiger partial charge on any atom is 0.407 e. The molecule has 0 saturated heterocycles. The minimum Gasteiger partial charge on any atom is -0.444 e. The summed E-state index contributed by atoms with van der Waals surface area (Å²) >= 11 is 0. The first-order valence-corrected chi connectivity index (χ1v) is 8.45. The first-order chi connectivity index (χ1) is 10.8. The lowest BCUT2D eigenvalue weighted by Gasteiger charge is -2.25. The molecule has 5 heteroatoms. The first-order valence-electron chi connectivity index (χ1n) is 8.45. The Hall–Kier alpha value is -1.62. The number of ether oxygens (including phenoxy) is 1. The third kappa shape index (κ3) is 8.55. The number of nitrogens with one attached hydrogen (secondary N) is 2. The number of carbonyl (C=O) groups excluding carboxylic acids is 1. The van der Waals surface area contributed by atoms with E-state index >= 15 is 0 Å². The molecule has 5 nitrogen and oxygen atoms in total. The van der Waals surface area contributed by atoms with Crippen LogP contribution in [0.2, 0.25) is 0 Å². The van der Waals surface area contributed by atoms with E-state index in [1.165, 1.54) is 0 Å². The zero-order valence-corrected chi connectivity index (χ0v) is 15.1. The molecule has 2 N–H and O–H groups in total. The highest BCUT2D eigenvalue weighted by Gasteiger charge is 2.18. The van der Waals surface area contributed by atoms with Gasteiger partial charge in [-0.15, -0.1) is 0 Å². The fraction of sp³-hybridized carbons (Fsp3) is 0.667. The van der Waals surface area contributed by atoms with Crippen molar-refractivity contribution in [3.63, 3.8) is 0 Å². The van der Waals surface area contributed by atoms with Crippen molar-refractivity contribution in [3.05, 3.63) is 30.1 Å². The molecule has 1 aromatic heterocycles. The highest BCUT2D eigenvalue weighted by atomic mass is 16.6. The van der Waals surface area contributed by atoms with Gasteiger partial charge in [-0.05, 0) is 46.2 Å². The van der Waals surface area contributed by atoms with Crippen LogP contribution in [-0.2, 0) is 4.74 Å². The van der Waals surface area contributed by atoms with Gasteiger partial charge in [-0.25, -0.2) is 4.79 Å². The van der Waals surface area contributed by atoms with Crippen LogP contribution >= 0.6 is 0 Å². The molecule has 1 rings (SSSR count). The monoisotopic (exact) mass is 321 g/mol. The topological polar surface area (TPSA) is 63.2 Å². The normalized spacial score (nSPS) is 14.1. The molecule has 130 valence electrons. The third-order valence-electron chi connectivity index (χ3n) is 3.41. The van der Waals surface area contributed by atoms with E-state index in [1.54, 1.807) is 6.20 Å². The van der Waals surface area contributed by atoms with Gasteiger partial charge in [0.15, 0.2) is 0 Å². The predicted molar refractivity (Wildman–Crippen MR) is 93.3 cm³/mol. The van der Waals surface area contributed by atoms with E-state index in [9.17, 15) is 4.79 Å². The van der Waals surface area contributed by atoms with Crippen molar-refractivity contribution in [2.45, 2.75) is 71.6 Å². The van der Waals surface area contributed by atoms with Gasteiger partial charge in [0.25, 0.3) is 0 Å². The van der Waals surface area contributed by atoms with E-state index < -0.39 is 5.60 Å². The molecule has 0 spiro atoms. The van der Waals surface area contributed by atoms with Crippen LogP contribution in [0.1, 0.15) is 65.6 Å². The van der Waals surface area contributed by atoms with E-state index in [1.807, 2.05) is 39.0 Å². The number of nitrogens with zero attached hydrogens (tertiary/aromatic N) is 1. The summed E-state index contributed by atoms with van der Waals surface area (Å²) in [6.45, 7) is 10.4. The van der Waals surface area contributed by atoms with Gasteiger partial charge >= 0.3 is 6.09 Å². The predicted octanol–water partition coefficient (Wildman–Crippen LogP) is 3.82. The Morgan fingerprint density at radius 3 is 2.65 bits per heavy atom. The molecular weight excluding hydrogens is 290 g/mol. The number of amides is 1. The smallest absolute Gasteiger partial charge is 0.407 e. The molecule has 0 saturated carbocycles. The average Bonchev–Trinajstić information content (AvgIpc) is 2.49. The molecule has 0 bridgehead atoms. The van der Waals surface area contributed by atoms with E-state index in [0.717, 1.165) is 25.0 Å². The lowest BCUT2D eigenvalue weighted by molar-refractivity contribution is 0.0521. The van der Waals surface area contributed by atoms with Gasteiger partial charge in [0.05, 0.1) is 5.69 Å². The maximum absolute atomic E-state index is 11.8. The number of hydrogen-bond acceptors (Lipinski definition) is 4. The molecule has 1 heterocycles. The number of carbonyl (C=O) groups is 1. The molecule has 0 aliphatic rings. The largest absolute Gasteiger partial charge is 0.444 e. The van der Waals surface area contributed by atoms with E-state index in [-0.39, 0.29) is 18.2 Å². The average molecular weight is 321 g/mol. The molecule has 0 aliphatic carbocycles. The second kappa shape index (κ2) is 9.50. The van der Waals surface area contributed by atoms with Crippen LogP contribution in [-0.4, -0.2) is 29.3 Å². The summed E-state index contributed by atoms with van der Waals surface area (Å²) in [5.74, 6) is 0. The van der Waals surface area contributed by atoms with E-state index in [2.05, 4.69) is 29.5 Å². The van der Waals surface area contributed by atoms with Crippen LogP contribution in [0.15, 0.2) is 24.4 Å². The molecule has 0 aromatic carbocycles. The summed E-state index contributed by atoms with van der Waals surface area (Å²) in [7, 11) is 0. The number of rotatable bonds is 8. The molecule has 0 radical (unpaired) electrons. The molecule has 2 unspecified atom stereocenters. The van der Waals surface area contributed by atoms with Crippen molar-refractivity contribution in [2.24, 2.45) is 0 Å². The van der Waals surface area contributed by atoms with Gasteiger partial charge in [-0.2, -0.15) is 0 Å². The fourth-order valence-electron chi connectivity index (χ4n) is 2.29. The quantitative estimate of drug-likeness (QED) is 0.764. The van der Waals surface area contributed by atoms with Crippen molar-refractivity contribution >= 4 is 6.09 Å². The second-order valence-corrected chi connectivity index (χ2v) is 6.86. The number of pyridine rings is 1. The minimum absolute atomic E-state index is 0.137. The van der Waals surface area contributed by atoms with Crippen LogP contribution in [0.4, 0.5) is 4.79 Å². The Kier molecular flexibility index (Phi) is 8.03. The van der Waals surface area contributed by atoms with Gasteiger partial charge in [-0.3, -0.25) is 4.98 Å². The molecule has 23 heavy (non-hydrogen) atoms. The second-order valence-electron chi connectivity index (χ2n) is 6.86.